The van der Waals surface area contributed by atoms with Gasteiger partial charge in [0, 0.05) is 25.2 Å². The minimum Gasteiger partial charge on any atom is -0.496 e. The van der Waals surface area contributed by atoms with Crippen molar-refractivity contribution in [3.63, 3.8) is 0 Å². The molecule has 2 aromatic rings. The van der Waals surface area contributed by atoms with Crippen LogP contribution in [-0.4, -0.2) is 57.8 Å². The van der Waals surface area contributed by atoms with E-state index in [1.165, 1.54) is 78.4 Å². The maximum Gasteiger partial charge on any atom is 0.317 e. The molecule has 0 aliphatic carbocycles. The average Bonchev–Trinajstić information content (AvgIpc) is 3.07. The van der Waals surface area contributed by atoms with E-state index in [2.05, 4.69) is 29.7 Å². The topological polar surface area (TPSA) is 89.1 Å². The first-order valence-corrected chi connectivity index (χ1v) is 17.3. The molecule has 0 aliphatic rings. The molecular weight excluding hydrogens is 578 g/mol. The molecule has 0 bridgehead atoms. The number of amides is 3. The highest BCUT2D eigenvalue weighted by molar-refractivity contribution is 5.97. The second kappa shape index (κ2) is 24.5. The number of ether oxygens (including phenoxy) is 3. The van der Waals surface area contributed by atoms with Crippen molar-refractivity contribution >= 4 is 17.6 Å². The number of allylic oxidation sites excluding steroid dienone is 2. The first kappa shape index (κ1) is 38.5. The van der Waals surface area contributed by atoms with Gasteiger partial charge in [0.05, 0.1) is 21.3 Å². The highest BCUT2D eigenvalue weighted by Gasteiger charge is 2.20. The molecule has 0 spiro atoms. The van der Waals surface area contributed by atoms with Crippen molar-refractivity contribution < 1.29 is 23.8 Å². The number of carbonyl (C=O) groups is 2. The zero-order chi connectivity index (χ0) is 33.2. The third-order valence-electron chi connectivity index (χ3n) is 8.07. The molecule has 0 unspecified atom stereocenters. The van der Waals surface area contributed by atoms with Crippen molar-refractivity contribution in [1.82, 2.24) is 10.2 Å². The van der Waals surface area contributed by atoms with Crippen molar-refractivity contribution in [3.8, 4) is 17.2 Å². The lowest BCUT2D eigenvalue weighted by Gasteiger charge is -2.23. The summed E-state index contributed by atoms with van der Waals surface area (Å²) in [6, 6.07) is 13.2. The molecule has 8 heteroatoms. The Morgan fingerprint density at radius 2 is 1.30 bits per heavy atom. The number of methoxy groups -OCH3 is 3. The Morgan fingerprint density at radius 3 is 1.87 bits per heavy atom. The third kappa shape index (κ3) is 16.1. The van der Waals surface area contributed by atoms with Crippen LogP contribution in [0.1, 0.15) is 102 Å². The summed E-state index contributed by atoms with van der Waals surface area (Å²) in [4.78, 5) is 28.0. The molecule has 46 heavy (non-hydrogen) atoms. The average molecular weight is 638 g/mol. The molecule has 0 saturated heterocycles. The van der Waals surface area contributed by atoms with Crippen molar-refractivity contribution in [2.45, 2.75) is 103 Å². The molecule has 2 aromatic carbocycles. The zero-order valence-electron chi connectivity index (χ0n) is 28.9. The second-order valence-electron chi connectivity index (χ2n) is 11.8. The molecule has 0 atom stereocenters. The Bertz CT molecular complexity index is 1110. The van der Waals surface area contributed by atoms with Gasteiger partial charge in [-0.1, -0.05) is 107 Å². The summed E-state index contributed by atoms with van der Waals surface area (Å²) in [7, 11) is 4.59. The molecule has 0 heterocycles. The molecule has 0 saturated carbocycles. The van der Waals surface area contributed by atoms with Gasteiger partial charge in [-0.05, 0) is 44.1 Å². The summed E-state index contributed by atoms with van der Waals surface area (Å²) in [5, 5.41) is 5.88. The van der Waals surface area contributed by atoms with E-state index >= 15 is 0 Å². The normalized spacial score (nSPS) is 11.0. The number of unbranched alkanes of at least 4 members (excludes halogenated alkanes) is 12. The zero-order valence-corrected chi connectivity index (χ0v) is 28.9. The van der Waals surface area contributed by atoms with E-state index in [-0.39, 0.29) is 18.5 Å². The number of hydrogen-bond donors (Lipinski definition) is 2. The van der Waals surface area contributed by atoms with Crippen LogP contribution >= 0.6 is 0 Å². The Hall–Kier alpha value is -3.68. The summed E-state index contributed by atoms with van der Waals surface area (Å²) in [6.07, 6.45) is 22.5. The van der Waals surface area contributed by atoms with Crippen LogP contribution in [0.4, 0.5) is 10.5 Å². The smallest absolute Gasteiger partial charge is 0.317 e. The molecule has 8 nitrogen and oxygen atoms in total. The van der Waals surface area contributed by atoms with E-state index in [1.54, 1.807) is 24.1 Å². The number of hydrogen-bond acceptors (Lipinski definition) is 5. The van der Waals surface area contributed by atoms with E-state index in [0.717, 1.165) is 37.7 Å². The summed E-state index contributed by atoms with van der Waals surface area (Å²) in [6.45, 7) is 3.18. The van der Waals surface area contributed by atoms with Crippen LogP contribution in [0, 0.1) is 0 Å². The minimum atomic E-state index is -0.329. The molecule has 0 fully saturated rings. The van der Waals surface area contributed by atoms with E-state index in [9.17, 15) is 9.59 Å². The van der Waals surface area contributed by atoms with Gasteiger partial charge < -0.3 is 29.7 Å². The standard InChI is InChI=1S/C38H59N3O5/c1-5-6-7-8-9-10-11-12-13-14-15-16-17-18-19-23-28-41(38(43)39-27-26-32-24-21-20-22-25-32)31-36(42)40-37-34(45-3)29-33(44-2)30-35(37)46-4/h12-13,20-22,24-25,29-30H,5-11,14-19,23,26-28,31H2,1-4H3,(H,39,43)(H,40,42)/b13-12-. The van der Waals surface area contributed by atoms with Gasteiger partial charge in [0.15, 0.2) is 0 Å². The first-order valence-electron chi connectivity index (χ1n) is 17.3. The van der Waals surface area contributed by atoms with Crippen LogP contribution in [0.2, 0.25) is 0 Å². The number of nitrogens with zero attached hydrogens (tertiary/aromatic N) is 1. The SMILES string of the molecule is CCCCCCCC/C=C\CCCCCCCCN(CC(=O)Nc1c(OC)cc(OC)cc1OC)C(=O)NCCc1ccccc1. The van der Waals surface area contributed by atoms with Crippen LogP contribution in [0.3, 0.4) is 0 Å². The molecule has 0 aromatic heterocycles. The van der Waals surface area contributed by atoms with Crippen LogP contribution in [0.25, 0.3) is 0 Å². The van der Waals surface area contributed by atoms with E-state index in [1.807, 2.05) is 30.3 Å². The highest BCUT2D eigenvalue weighted by atomic mass is 16.5. The van der Waals surface area contributed by atoms with Gasteiger partial charge in [0.1, 0.15) is 29.5 Å². The number of anilines is 1. The molecule has 2 rings (SSSR count). The maximum atomic E-state index is 13.2. The molecule has 256 valence electrons. The van der Waals surface area contributed by atoms with Crippen LogP contribution in [0.5, 0.6) is 17.2 Å². The van der Waals surface area contributed by atoms with Crippen molar-refractivity contribution in [2.24, 2.45) is 0 Å². The van der Waals surface area contributed by atoms with Crippen molar-refractivity contribution in [3.05, 3.63) is 60.2 Å². The van der Waals surface area contributed by atoms with Gasteiger partial charge in [-0.25, -0.2) is 4.79 Å². The maximum absolute atomic E-state index is 13.2. The molecule has 3 amide bonds. The van der Waals surface area contributed by atoms with Crippen molar-refractivity contribution in [1.29, 1.82) is 0 Å². The number of nitrogens with one attached hydrogen (secondary N) is 2. The van der Waals surface area contributed by atoms with Gasteiger partial charge in [-0.2, -0.15) is 0 Å². The number of urea groups is 1. The summed E-state index contributed by atoms with van der Waals surface area (Å²) in [5.74, 6) is 1.05. The van der Waals surface area contributed by atoms with Gasteiger partial charge in [0.25, 0.3) is 0 Å². The van der Waals surface area contributed by atoms with Crippen LogP contribution in [0.15, 0.2) is 54.6 Å². The molecular formula is C38H59N3O5. The van der Waals surface area contributed by atoms with Crippen LogP contribution < -0.4 is 24.8 Å². The summed E-state index contributed by atoms with van der Waals surface area (Å²) < 4.78 is 16.3. The second-order valence-corrected chi connectivity index (χ2v) is 11.8. The van der Waals surface area contributed by atoms with Gasteiger partial charge >= 0.3 is 6.03 Å². The molecule has 0 radical (unpaired) electrons. The lowest BCUT2D eigenvalue weighted by Crippen LogP contribution is -2.45. The van der Waals surface area contributed by atoms with E-state index in [0.29, 0.717) is 36.0 Å². The lowest BCUT2D eigenvalue weighted by molar-refractivity contribution is -0.116. The first-order chi connectivity index (χ1) is 22.5. The van der Waals surface area contributed by atoms with E-state index < -0.39 is 0 Å². The predicted octanol–water partition coefficient (Wildman–Crippen LogP) is 8.94. The van der Waals surface area contributed by atoms with Gasteiger partial charge in [0.2, 0.25) is 5.91 Å². The summed E-state index contributed by atoms with van der Waals surface area (Å²) >= 11 is 0. The monoisotopic (exact) mass is 637 g/mol. The number of benzene rings is 2. The molecule has 0 aliphatic heterocycles. The minimum absolute atomic E-state index is 0.0828. The largest absolute Gasteiger partial charge is 0.496 e. The number of rotatable bonds is 25. The number of carbonyl (C=O) groups excluding carboxylic acids is 2. The Kier molecular flexibility index (Phi) is 20.5. The Labute approximate surface area is 278 Å². The summed E-state index contributed by atoms with van der Waals surface area (Å²) in [5.41, 5.74) is 1.55. The fraction of sp³-hybridized carbons (Fsp3) is 0.579. The fourth-order valence-electron chi connectivity index (χ4n) is 5.35. The van der Waals surface area contributed by atoms with Gasteiger partial charge in [-0.3, -0.25) is 4.79 Å². The van der Waals surface area contributed by atoms with Crippen molar-refractivity contribution in [2.75, 3.05) is 46.3 Å². The Morgan fingerprint density at radius 1 is 0.739 bits per heavy atom. The highest BCUT2D eigenvalue weighted by Crippen LogP contribution is 2.38. The molecule has 2 N–H and O–H groups in total. The predicted molar refractivity (Wildman–Crippen MR) is 189 cm³/mol. The van der Waals surface area contributed by atoms with Gasteiger partial charge in [-0.15, -0.1) is 0 Å². The lowest BCUT2D eigenvalue weighted by atomic mass is 10.1. The Balaban J connectivity index is 1.80. The fourth-order valence-corrected chi connectivity index (χ4v) is 5.35. The quantitative estimate of drug-likeness (QED) is 0.0838. The third-order valence-corrected chi connectivity index (χ3v) is 8.07. The van der Waals surface area contributed by atoms with E-state index in [4.69, 9.17) is 14.2 Å². The van der Waals surface area contributed by atoms with Crippen LogP contribution in [-0.2, 0) is 11.2 Å².